The monoisotopic (exact) mass is 311 g/mol. The molecule has 2 fully saturated rings. The minimum absolute atomic E-state index is 0. The molecule has 0 amide bonds. The van der Waals surface area contributed by atoms with E-state index in [-0.39, 0.29) is 12.4 Å². The lowest BCUT2D eigenvalue weighted by Crippen LogP contribution is -2.35. The molecule has 2 atom stereocenters. The molecule has 1 nitrogen and oxygen atoms in total. The van der Waals surface area contributed by atoms with Crippen LogP contribution in [0.1, 0.15) is 43.7 Å². The minimum Gasteiger partial charge on any atom is -0.293 e. The quantitative estimate of drug-likeness (QED) is 0.692. The van der Waals surface area contributed by atoms with Gasteiger partial charge in [-0.15, -0.1) is 23.7 Å². The second kappa shape index (κ2) is 5.66. The average Bonchev–Trinajstić information content (AvgIpc) is 2.81. The highest BCUT2D eigenvalue weighted by molar-refractivity contribution is 7.20. The van der Waals surface area contributed by atoms with E-state index in [2.05, 4.69) is 11.0 Å². The van der Waals surface area contributed by atoms with E-state index in [0.717, 1.165) is 14.7 Å². The van der Waals surface area contributed by atoms with Crippen molar-refractivity contribution >= 4 is 46.9 Å². The van der Waals surface area contributed by atoms with Crippen LogP contribution in [0.3, 0.4) is 0 Å². The van der Waals surface area contributed by atoms with Gasteiger partial charge in [-0.1, -0.05) is 29.6 Å². The first-order chi connectivity index (χ1) is 7.75. The molecule has 1 aromatic heterocycles. The predicted octanol–water partition coefficient (Wildman–Crippen LogP) is 5.17. The summed E-state index contributed by atoms with van der Waals surface area (Å²) in [7, 11) is 0. The van der Waals surface area contributed by atoms with Crippen LogP contribution in [0.4, 0.5) is 0 Å². The van der Waals surface area contributed by atoms with Crippen LogP contribution in [0, 0.1) is 0 Å². The van der Waals surface area contributed by atoms with Crippen molar-refractivity contribution in [3.63, 3.8) is 0 Å². The van der Waals surface area contributed by atoms with Crippen molar-refractivity contribution in [3.8, 4) is 0 Å². The summed E-state index contributed by atoms with van der Waals surface area (Å²) in [6, 6.07) is 3.39. The van der Waals surface area contributed by atoms with Crippen molar-refractivity contribution in [2.75, 3.05) is 6.54 Å². The van der Waals surface area contributed by atoms with E-state index in [1.54, 1.807) is 0 Å². The van der Waals surface area contributed by atoms with Crippen molar-refractivity contribution in [2.45, 2.75) is 44.2 Å². The van der Waals surface area contributed by atoms with Crippen LogP contribution in [0.5, 0.6) is 0 Å². The highest BCUT2D eigenvalue weighted by atomic mass is 35.5. The minimum atomic E-state index is 0. The Morgan fingerprint density at radius 3 is 2.71 bits per heavy atom. The summed E-state index contributed by atoms with van der Waals surface area (Å²) in [5.41, 5.74) is 1.26. The van der Waals surface area contributed by atoms with Gasteiger partial charge in [-0.05, 0) is 38.3 Å². The molecule has 2 saturated heterocycles. The molecule has 0 aromatic carbocycles. The van der Waals surface area contributed by atoms with E-state index in [1.165, 1.54) is 55.5 Å². The Morgan fingerprint density at radius 2 is 2.00 bits per heavy atom. The molecule has 1 aromatic rings. The number of fused-ring (bicyclic) bond motifs is 1. The average molecular weight is 313 g/mol. The van der Waals surface area contributed by atoms with E-state index in [9.17, 15) is 0 Å². The third-order valence-electron chi connectivity index (χ3n) is 3.89. The van der Waals surface area contributed by atoms with E-state index < -0.39 is 0 Å². The van der Waals surface area contributed by atoms with Gasteiger partial charge in [-0.2, -0.15) is 0 Å². The molecule has 2 unspecified atom stereocenters. The molecule has 2 aliphatic heterocycles. The Labute approximate surface area is 122 Å². The number of nitrogens with zero attached hydrogens (tertiary/aromatic N) is 1. The van der Waals surface area contributed by atoms with Gasteiger partial charge < -0.3 is 0 Å². The number of thiophene rings is 1. The Morgan fingerprint density at radius 1 is 1.18 bits per heavy atom. The summed E-state index contributed by atoms with van der Waals surface area (Å²) in [5, 5.41) is 0. The van der Waals surface area contributed by atoms with Crippen molar-refractivity contribution in [1.29, 1.82) is 0 Å². The first kappa shape index (κ1) is 14.0. The fourth-order valence-electron chi connectivity index (χ4n) is 3.17. The molecular formula is C12H16Cl3NS. The fourth-order valence-corrected chi connectivity index (χ4v) is 4.74. The van der Waals surface area contributed by atoms with Gasteiger partial charge in [-0.25, -0.2) is 0 Å². The molecule has 0 radical (unpaired) electrons. The number of piperidine rings is 1. The molecule has 0 N–H and O–H groups in total. The number of hydrogen-bond donors (Lipinski definition) is 0. The molecular weight excluding hydrogens is 297 g/mol. The smallest absolute Gasteiger partial charge is 0.0992 e. The zero-order valence-corrected chi connectivity index (χ0v) is 12.6. The predicted molar refractivity (Wildman–Crippen MR) is 77.9 cm³/mol. The third-order valence-corrected chi connectivity index (χ3v) is 5.41. The molecule has 0 bridgehead atoms. The first-order valence-corrected chi connectivity index (χ1v) is 7.53. The Bertz CT molecular complexity index is 393. The standard InChI is InChI=1S/C12H15Cl2NS.ClH/c13-11-7-9(12(14)16-11)10-5-4-8-3-1-2-6-15(8)10;/h7-8,10H,1-6H2;1H. The SMILES string of the molecule is Cl.Clc1cc(C2CCC3CCCCN32)c(Cl)s1. The molecule has 17 heavy (non-hydrogen) atoms. The maximum absolute atomic E-state index is 6.26. The van der Waals surface area contributed by atoms with E-state index >= 15 is 0 Å². The maximum Gasteiger partial charge on any atom is 0.0992 e. The molecule has 5 heteroatoms. The largest absolute Gasteiger partial charge is 0.293 e. The number of rotatable bonds is 1. The lowest BCUT2D eigenvalue weighted by molar-refractivity contribution is 0.150. The first-order valence-electron chi connectivity index (χ1n) is 5.96. The van der Waals surface area contributed by atoms with Crippen molar-refractivity contribution in [3.05, 3.63) is 20.3 Å². The highest BCUT2D eigenvalue weighted by Crippen LogP contribution is 2.45. The highest BCUT2D eigenvalue weighted by Gasteiger charge is 2.36. The van der Waals surface area contributed by atoms with Crippen LogP contribution in [-0.2, 0) is 0 Å². The molecule has 0 spiro atoms. The van der Waals surface area contributed by atoms with Crippen LogP contribution in [-0.4, -0.2) is 17.5 Å². The van der Waals surface area contributed by atoms with Crippen LogP contribution in [0.15, 0.2) is 6.07 Å². The van der Waals surface area contributed by atoms with Crippen LogP contribution < -0.4 is 0 Å². The van der Waals surface area contributed by atoms with Crippen LogP contribution in [0.25, 0.3) is 0 Å². The van der Waals surface area contributed by atoms with Gasteiger partial charge in [0.2, 0.25) is 0 Å². The molecule has 96 valence electrons. The lowest BCUT2D eigenvalue weighted by Gasteiger charge is -2.33. The second-order valence-corrected chi connectivity index (χ2v) is 7.05. The van der Waals surface area contributed by atoms with E-state index in [4.69, 9.17) is 23.2 Å². The van der Waals surface area contributed by atoms with E-state index in [1.807, 2.05) is 0 Å². The molecule has 3 rings (SSSR count). The van der Waals surface area contributed by atoms with Crippen LogP contribution >= 0.6 is 46.9 Å². The topological polar surface area (TPSA) is 3.24 Å². The zero-order valence-electron chi connectivity index (χ0n) is 9.49. The summed E-state index contributed by atoms with van der Waals surface area (Å²) < 4.78 is 1.71. The van der Waals surface area contributed by atoms with Crippen LogP contribution in [0.2, 0.25) is 8.67 Å². The molecule has 2 aliphatic rings. The van der Waals surface area contributed by atoms with Crippen molar-refractivity contribution in [2.24, 2.45) is 0 Å². The summed E-state index contributed by atoms with van der Waals surface area (Å²) in [5.74, 6) is 0. The van der Waals surface area contributed by atoms with Gasteiger partial charge >= 0.3 is 0 Å². The summed E-state index contributed by atoms with van der Waals surface area (Å²) in [4.78, 5) is 2.65. The van der Waals surface area contributed by atoms with Gasteiger partial charge in [0.05, 0.1) is 8.67 Å². The summed E-state index contributed by atoms with van der Waals surface area (Å²) in [6.07, 6.45) is 6.67. The maximum atomic E-state index is 6.26. The summed E-state index contributed by atoms with van der Waals surface area (Å²) in [6.45, 7) is 1.24. The Balaban J connectivity index is 0.00000108. The van der Waals surface area contributed by atoms with Gasteiger partial charge in [0.1, 0.15) is 0 Å². The Hall–Kier alpha value is 0.530. The van der Waals surface area contributed by atoms with Crippen molar-refractivity contribution < 1.29 is 0 Å². The van der Waals surface area contributed by atoms with Gasteiger partial charge in [0.25, 0.3) is 0 Å². The number of halogens is 3. The fraction of sp³-hybridized carbons (Fsp3) is 0.667. The Kier molecular flexibility index (Phi) is 4.65. The van der Waals surface area contributed by atoms with Gasteiger partial charge in [-0.3, -0.25) is 4.90 Å². The van der Waals surface area contributed by atoms with E-state index in [0.29, 0.717) is 6.04 Å². The molecule has 3 heterocycles. The number of hydrogen-bond acceptors (Lipinski definition) is 2. The van der Waals surface area contributed by atoms with Crippen molar-refractivity contribution in [1.82, 2.24) is 4.90 Å². The van der Waals surface area contributed by atoms with Gasteiger partial charge in [0.15, 0.2) is 0 Å². The molecule has 0 aliphatic carbocycles. The lowest BCUT2D eigenvalue weighted by atomic mass is 10.0. The van der Waals surface area contributed by atoms with Gasteiger partial charge in [0, 0.05) is 17.6 Å². The zero-order chi connectivity index (χ0) is 11.1. The molecule has 0 saturated carbocycles. The summed E-state index contributed by atoms with van der Waals surface area (Å²) >= 11 is 13.8. The normalized spacial score (nSPS) is 28.8. The second-order valence-electron chi connectivity index (χ2n) is 4.76. The third kappa shape index (κ3) is 2.62.